The van der Waals surface area contributed by atoms with E-state index in [1.807, 2.05) is 0 Å². The Morgan fingerprint density at radius 2 is 0.543 bits per heavy atom. The Hall–Kier alpha value is -10.3. The Morgan fingerprint density at radius 3 is 1.04 bits per heavy atom. The molecule has 0 unspecified atom stereocenters. The second-order valence-electron chi connectivity index (χ2n) is 21.5. The van der Waals surface area contributed by atoms with Crippen molar-refractivity contribution in [3.8, 4) is 44.8 Å². The summed E-state index contributed by atoms with van der Waals surface area (Å²) in [7, 11) is -3.20. The lowest BCUT2D eigenvalue weighted by atomic mass is 9.92. The van der Waals surface area contributed by atoms with Gasteiger partial charge in [-0.15, -0.1) is 0 Å². The molecule has 0 radical (unpaired) electrons. The van der Waals surface area contributed by atoms with E-state index in [9.17, 15) is 0 Å². The van der Waals surface area contributed by atoms with Crippen LogP contribution in [0.5, 0.6) is 0 Å². The van der Waals surface area contributed by atoms with Crippen molar-refractivity contribution in [2.75, 3.05) is 0 Å². The van der Waals surface area contributed by atoms with Crippen molar-refractivity contribution >= 4 is 105 Å². The maximum atomic E-state index is 2.53. The first-order chi connectivity index (χ1) is 40.2. The molecule has 378 valence electrons. The van der Waals surface area contributed by atoms with Crippen LogP contribution >= 0.6 is 0 Å². The summed E-state index contributed by atoms with van der Waals surface area (Å²) in [6.07, 6.45) is 0. The third-order valence-corrected chi connectivity index (χ3v) is 22.0. The topological polar surface area (TPSA) is 9.86 Å². The van der Waals surface area contributed by atoms with E-state index in [0.29, 0.717) is 0 Å². The number of benzene rings is 14. The first kappa shape index (κ1) is 46.7. The molecule has 0 saturated heterocycles. The summed E-state index contributed by atoms with van der Waals surface area (Å²) in [6, 6.07) is 118. The molecule has 0 aliphatic carbocycles. The van der Waals surface area contributed by atoms with E-state index in [1.165, 1.54) is 125 Å². The molecule has 16 rings (SSSR count). The molecule has 16 aromatic rings. The van der Waals surface area contributed by atoms with Gasteiger partial charge in [-0.3, -0.25) is 0 Å². The van der Waals surface area contributed by atoms with E-state index in [1.54, 1.807) is 0 Å². The summed E-state index contributed by atoms with van der Waals surface area (Å²) in [4.78, 5) is 0. The van der Waals surface area contributed by atoms with Crippen molar-refractivity contribution in [1.29, 1.82) is 0 Å². The predicted octanol–water partition coefficient (Wildman–Crippen LogP) is 17.7. The standard InChI is InChI=1S/C78H52N2Si/c1-4-21-53(22-5-1)56-27-18-30-62(49-56)81(63-31-19-28-57(50-63)54-23-6-2-7-24-54,64-32-20-29-58(51-64)55-25-8-3-9-26-55)61-44-41-59(42-45-61)79-75-47-43-60(80-73-39-16-14-36-68(73)69-37-15-17-40-74(69)80)52-72(75)78-76(79)48-46-71-67-35-11-10-33-65(67)66-34-12-13-38-70(66)77(71)78/h1-52H. The first-order valence-electron chi connectivity index (χ1n) is 28.1. The molecule has 0 fully saturated rings. The van der Waals surface area contributed by atoms with Gasteiger partial charge in [-0.1, -0.05) is 267 Å². The SMILES string of the molecule is c1ccc(-c2cccc([Si](c3ccc(-n4c5ccc(-n6c7ccccc7c7ccccc76)cc5c5c6c7ccccc7c7ccccc7c6ccc54)cc3)(c3cccc(-c4ccccc4)c3)c3cccc(-c4ccccc4)c3)c2)cc1. The fourth-order valence-corrected chi connectivity index (χ4v) is 18.5. The van der Waals surface area contributed by atoms with E-state index >= 15 is 0 Å². The summed E-state index contributed by atoms with van der Waals surface area (Å²) < 4.78 is 4.98. The van der Waals surface area contributed by atoms with Gasteiger partial charge in [0, 0.05) is 38.3 Å². The van der Waals surface area contributed by atoms with Gasteiger partial charge in [0.25, 0.3) is 0 Å². The molecule has 0 atom stereocenters. The molecule has 0 N–H and O–H groups in total. The number of hydrogen-bond acceptors (Lipinski definition) is 0. The van der Waals surface area contributed by atoms with Crippen LogP contribution in [-0.4, -0.2) is 17.2 Å². The van der Waals surface area contributed by atoms with Gasteiger partial charge >= 0.3 is 0 Å². The minimum Gasteiger partial charge on any atom is -0.309 e. The minimum absolute atomic E-state index is 1.12. The molecule has 2 heterocycles. The van der Waals surface area contributed by atoms with Crippen LogP contribution in [-0.2, 0) is 0 Å². The second kappa shape index (κ2) is 19.0. The Balaban J connectivity index is 0.983. The van der Waals surface area contributed by atoms with Gasteiger partial charge in [0.2, 0.25) is 0 Å². The molecule has 0 spiro atoms. The fraction of sp³-hybridized carbons (Fsp3) is 0. The van der Waals surface area contributed by atoms with Crippen LogP contribution in [0.15, 0.2) is 315 Å². The highest BCUT2D eigenvalue weighted by Gasteiger charge is 2.42. The van der Waals surface area contributed by atoms with Crippen molar-refractivity contribution in [2.45, 2.75) is 0 Å². The van der Waals surface area contributed by atoms with Crippen molar-refractivity contribution in [2.24, 2.45) is 0 Å². The zero-order valence-electron chi connectivity index (χ0n) is 44.4. The number of para-hydroxylation sites is 2. The third kappa shape index (κ3) is 7.40. The predicted molar refractivity (Wildman–Crippen MR) is 348 cm³/mol. The highest BCUT2D eigenvalue weighted by molar-refractivity contribution is 7.20. The molecule has 0 aliphatic rings. The summed E-state index contributed by atoms with van der Waals surface area (Å²) in [5, 5.41) is 17.9. The van der Waals surface area contributed by atoms with Crippen molar-refractivity contribution in [1.82, 2.24) is 9.13 Å². The summed E-state index contributed by atoms with van der Waals surface area (Å²) >= 11 is 0. The highest BCUT2D eigenvalue weighted by atomic mass is 28.3. The Morgan fingerprint density at radius 1 is 0.185 bits per heavy atom. The maximum absolute atomic E-state index is 3.20. The van der Waals surface area contributed by atoms with Crippen molar-refractivity contribution < 1.29 is 0 Å². The average Bonchev–Trinajstić information content (AvgIpc) is 4.32. The van der Waals surface area contributed by atoms with E-state index < -0.39 is 8.07 Å². The van der Waals surface area contributed by atoms with E-state index in [2.05, 4.69) is 325 Å². The molecule has 14 aromatic carbocycles. The quantitative estimate of drug-likeness (QED) is 0.0775. The van der Waals surface area contributed by atoms with Gasteiger partial charge in [-0.2, -0.15) is 0 Å². The molecule has 0 saturated carbocycles. The normalized spacial score (nSPS) is 12.0. The summed E-state index contributed by atoms with van der Waals surface area (Å²) in [5.41, 5.74) is 14.2. The van der Waals surface area contributed by atoms with Gasteiger partial charge in [-0.25, -0.2) is 0 Å². The van der Waals surface area contributed by atoms with Crippen LogP contribution in [0, 0.1) is 0 Å². The molecule has 2 nitrogen and oxygen atoms in total. The first-order valence-corrected chi connectivity index (χ1v) is 30.1. The van der Waals surface area contributed by atoms with Gasteiger partial charge in [-0.05, 0) is 130 Å². The maximum Gasteiger partial charge on any atom is 0.179 e. The second-order valence-corrected chi connectivity index (χ2v) is 25.3. The average molecular weight is 1050 g/mol. The van der Waals surface area contributed by atoms with Crippen LogP contribution in [0.3, 0.4) is 0 Å². The Bertz CT molecular complexity index is 4800. The van der Waals surface area contributed by atoms with Gasteiger partial charge in [0.05, 0.1) is 22.1 Å². The molecule has 3 heteroatoms. The van der Waals surface area contributed by atoms with Crippen LogP contribution in [0.1, 0.15) is 0 Å². The van der Waals surface area contributed by atoms with E-state index in [-0.39, 0.29) is 0 Å². The molecular weight excluding hydrogens is 993 g/mol. The zero-order chi connectivity index (χ0) is 53.4. The Kier molecular flexibility index (Phi) is 10.9. The van der Waals surface area contributed by atoms with Gasteiger partial charge in [0.1, 0.15) is 0 Å². The molecular formula is C78H52N2Si. The van der Waals surface area contributed by atoms with Crippen LogP contribution < -0.4 is 20.7 Å². The molecule has 0 aliphatic heterocycles. The molecule has 0 bridgehead atoms. The van der Waals surface area contributed by atoms with Crippen LogP contribution in [0.4, 0.5) is 0 Å². The highest BCUT2D eigenvalue weighted by Crippen LogP contribution is 2.44. The minimum atomic E-state index is -3.20. The van der Waals surface area contributed by atoms with Gasteiger partial charge in [0.15, 0.2) is 8.07 Å². The number of hydrogen-bond donors (Lipinski definition) is 0. The van der Waals surface area contributed by atoms with Gasteiger partial charge < -0.3 is 9.13 Å². The lowest BCUT2D eigenvalue weighted by molar-refractivity contribution is 1.17. The molecule has 0 amide bonds. The van der Waals surface area contributed by atoms with E-state index in [4.69, 9.17) is 0 Å². The fourth-order valence-electron chi connectivity index (χ4n) is 13.7. The van der Waals surface area contributed by atoms with Crippen LogP contribution in [0.25, 0.3) is 121 Å². The zero-order valence-corrected chi connectivity index (χ0v) is 45.4. The molecule has 81 heavy (non-hydrogen) atoms. The van der Waals surface area contributed by atoms with Crippen LogP contribution in [0.2, 0.25) is 0 Å². The third-order valence-electron chi connectivity index (χ3n) is 17.2. The number of rotatable bonds is 9. The lowest BCUT2D eigenvalue weighted by Crippen LogP contribution is -2.74. The largest absolute Gasteiger partial charge is 0.309 e. The number of fused-ring (bicyclic) bond motifs is 13. The van der Waals surface area contributed by atoms with Crippen molar-refractivity contribution in [3.63, 3.8) is 0 Å². The Labute approximate surface area is 471 Å². The van der Waals surface area contributed by atoms with Crippen molar-refractivity contribution in [3.05, 3.63) is 315 Å². The number of nitrogens with zero attached hydrogens (tertiary/aromatic N) is 2. The molecule has 2 aromatic heterocycles. The monoisotopic (exact) mass is 1040 g/mol. The summed E-state index contributed by atoms with van der Waals surface area (Å²) in [5.74, 6) is 0. The van der Waals surface area contributed by atoms with E-state index in [0.717, 1.165) is 16.9 Å². The number of aromatic nitrogens is 2. The summed E-state index contributed by atoms with van der Waals surface area (Å²) in [6.45, 7) is 0. The lowest BCUT2D eigenvalue weighted by Gasteiger charge is -2.35. The smallest absolute Gasteiger partial charge is 0.179 e.